The molecule has 2 aliphatic heterocycles. The first-order valence-corrected chi connectivity index (χ1v) is 14.8. The maximum Gasteiger partial charge on any atom is 0.410 e. The number of carbonyl (C=O) groups excluding carboxylic acids is 2. The Balaban J connectivity index is 1.80. The molecule has 2 heterocycles. The predicted octanol–water partition coefficient (Wildman–Crippen LogP) is 5.41. The van der Waals surface area contributed by atoms with Crippen molar-refractivity contribution in [1.82, 2.24) is 9.80 Å². The molecular weight excluding hydrogens is 436 g/mol. The highest BCUT2D eigenvalue weighted by atomic mass is 28.4. The van der Waals surface area contributed by atoms with Gasteiger partial charge in [0.25, 0.3) is 0 Å². The second kappa shape index (κ2) is 9.29. The number of fused-ring (bicyclic) bond motifs is 1. The van der Waals surface area contributed by atoms with Crippen LogP contribution in [0, 0.1) is 0 Å². The summed E-state index contributed by atoms with van der Waals surface area (Å²) >= 11 is 0. The van der Waals surface area contributed by atoms with Gasteiger partial charge in [-0.3, -0.25) is 0 Å². The molecule has 0 unspecified atom stereocenters. The molecule has 1 aromatic rings. The van der Waals surface area contributed by atoms with Crippen LogP contribution < -0.4 is 0 Å². The molecule has 0 N–H and O–H groups in total. The number of nitrogens with zero attached hydrogens (tertiary/aromatic N) is 2. The molecule has 2 amide bonds. The van der Waals surface area contributed by atoms with Crippen molar-refractivity contribution in [3.63, 3.8) is 0 Å². The summed E-state index contributed by atoms with van der Waals surface area (Å²) in [4.78, 5) is 29.6. The molecule has 0 spiro atoms. The summed E-state index contributed by atoms with van der Waals surface area (Å²) in [5.74, 6) is 0. The zero-order chi connectivity index (χ0) is 24.6. The number of rotatable bonds is 4. The van der Waals surface area contributed by atoms with Gasteiger partial charge in [-0.25, -0.2) is 9.59 Å². The zero-order valence-corrected chi connectivity index (χ0v) is 22.4. The fraction of sp³-hybridized carbons (Fsp3) is 0.680. The van der Waals surface area contributed by atoms with E-state index in [1.807, 2.05) is 51.1 Å². The summed E-state index contributed by atoms with van der Waals surface area (Å²) in [6.07, 6.45) is -0.295. The van der Waals surface area contributed by atoms with E-state index in [-0.39, 0.29) is 42.0 Å². The average Bonchev–Trinajstić information content (AvgIpc) is 3.26. The molecule has 3 atom stereocenters. The third-order valence-electron chi connectivity index (χ3n) is 6.90. The molecule has 3 rings (SSSR count). The van der Waals surface area contributed by atoms with E-state index in [9.17, 15) is 9.59 Å². The lowest BCUT2D eigenvalue weighted by Gasteiger charge is -2.40. The van der Waals surface area contributed by atoms with Gasteiger partial charge in [-0.15, -0.1) is 0 Å². The molecule has 0 radical (unpaired) electrons. The van der Waals surface area contributed by atoms with Gasteiger partial charge < -0.3 is 23.7 Å². The van der Waals surface area contributed by atoms with Gasteiger partial charge in [0.15, 0.2) is 8.32 Å². The minimum atomic E-state index is -2.13. The Labute approximate surface area is 199 Å². The van der Waals surface area contributed by atoms with Crippen LogP contribution >= 0.6 is 0 Å². The Bertz CT molecular complexity index is 847. The van der Waals surface area contributed by atoms with E-state index in [1.165, 1.54) is 0 Å². The van der Waals surface area contributed by atoms with Crippen molar-refractivity contribution in [2.24, 2.45) is 0 Å². The van der Waals surface area contributed by atoms with E-state index in [2.05, 4.69) is 33.9 Å². The van der Waals surface area contributed by atoms with Crippen molar-refractivity contribution < 1.29 is 23.5 Å². The lowest BCUT2D eigenvalue weighted by molar-refractivity contribution is 0.0211. The van der Waals surface area contributed by atoms with Crippen LogP contribution in [0.2, 0.25) is 18.1 Å². The number of ether oxygens (including phenoxy) is 2. The zero-order valence-electron chi connectivity index (χ0n) is 21.4. The number of hydrogen-bond acceptors (Lipinski definition) is 5. The third-order valence-corrected chi connectivity index (χ3v) is 11.4. The summed E-state index contributed by atoms with van der Waals surface area (Å²) in [6, 6.07) is 9.27. The second-order valence-corrected chi connectivity index (χ2v) is 16.4. The van der Waals surface area contributed by atoms with Gasteiger partial charge in [-0.1, -0.05) is 51.1 Å². The molecule has 0 aromatic heterocycles. The fourth-order valence-electron chi connectivity index (χ4n) is 4.23. The molecule has 33 heavy (non-hydrogen) atoms. The van der Waals surface area contributed by atoms with E-state index in [4.69, 9.17) is 13.9 Å². The lowest BCUT2D eigenvalue weighted by Crippen LogP contribution is -2.51. The molecule has 1 aromatic carbocycles. The summed E-state index contributed by atoms with van der Waals surface area (Å²) in [6.45, 7) is 17.7. The lowest BCUT2D eigenvalue weighted by atomic mass is 10.1. The quantitative estimate of drug-likeness (QED) is 0.544. The standard InChI is InChI=1S/C25H40N2O5Si/c1-24(2,3)31-23(29)27-16-20(32-33(7,8)25(4,5)6)21-19(27)14-15-26(21)22(28)30-17-18-12-10-9-11-13-18/h9-13,19-21H,14-17H2,1-8H3/t19-,20-,21+/m1/s1. The van der Waals surface area contributed by atoms with Crippen LogP contribution in [0.25, 0.3) is 0 Å². The smallest absolute Gasteiger partial charge is 0.410 e. The van der Waals surface area contributed by atoms with Crippen molar-refractivity contribution in [2.75, 3.05) is 13.1 Å². The highest BCUT2D eigenvalue weighted by Gasteiger charge is 2.55. The van der Waals surface area contributed by atoms with Crippen molar-refractivity contribution in [3.05, 3.63) is 35.9 Å². The Kier molecular flexibility index (Phi) is 7.20. The van der Waals surface area contributed by atoms with Crippen LogP contribution in [-0.2, 0) is 20.5 Å². The van der Waals surface area contributed by atoms with Crippen LogP contribution in [0.15, 0.2) is 30.3 Å². The Hall–Kier alpha value is -2.06. The van der Waals surface area contributed by atoms with Gasteiger partial charge in [-0.05, 0) is 50.9 Å². The van der Waals surface area contributed by atoms with E-state index in [0.717, 1.165) is 5.56 Å². The molecular formula is C25H40N2O5Si. The fourth-order valence-corrected chi connectivity index (χ4v) is 5.56. The highest BCUT2D eigenvalue weighted by molar-refractivity contribution is 6.74. The first-order chi connectivity index (χ1) is 15.2. The van der Waals surface area contributed by atoms with Crippen LogP contribution in [0.5, 0.6) is 0 Å². The Morgan fingerprint density at radius 3 is 2.21 bits per heavy atom. The maximum absolute atomic E-state index is 13.1. The van der Waals surface area contributed by atoms with Gasteiger partial charge in [0.2, 0.25) is 0 Å². The number of amides is 2. The molecule has 2 fully saturated rings. The normalized spacial score (nSPS) is 23.5. The second-order valence-electron chi connectivity index (χ2n) is 11.6. The number of likely N-dealkylation sites (tertiary alicyclic amines) is 2. The van der Waals surface area contributed by atoms with Crippen molar-refractivity contribution in [2.45, 2.75) is 96.5 Å². The van der Waals surface area contributed by atoms with Crippen molar-refractivity contribution in [3.8, 4) is 0 Å². The van der Waals surface area contributed by atoms with Gasteiger partial charge in [0.05, 0.1) is 24.7 Å². The monoisotopic (exact) mass is 476 g/mol. The van der Waals surface area contributed by atoms with E-state index < -0.39 is 13.9 Å². The molecule has 7 nitrogen and oxygen atoms in total. The number of benzene rings is 1. The van der Waals surface area contributed by atoms with Gasteiger partial charge in [0.1, 0.15) is 12.2 Å². The van der Waals surface area contributed by atoms with Crippen LogP contribution in [0.3, 0.4) is 0 Å². The van der Waals surface area contributed by atoms with Crippen molar-refractivity contribution in [1.29, 1.82) is 0 Å². The summed E-state index contributed by atoms with van der Waals surface area (Å²) < 4.78 is 18.1. The number of carbonyl (C=O) groups is 2. The molecule has 8 heteroatoms. The maximum atomic E-state index is 13.1. The van der Waals surface area contributed by atoms with E-state index in [0.29, 0.717) is 19.5 Å². The third kappa shape index (κ3) is 5.90. The Morgan fingerprint density at radius 1 is 1.00 bits per heavy atom. The SMILES string of the molecule is CC(C)(C)OC(=O)N1C[C@@H](O[Si](C)(C)C(C)(C)C)[C@@H]2[C@H]1CCN2C(=O)OCc1ccccc1. The van der Waals surface area contributed by atoms with Crippen LogP contribution in [-0.4, -0.2) is 67.2 Å². The molecule has 0 saturated carbocycles. The molecule has 0 aliphatic carbocycles. The van der Waals surface area contributed by atoms with Gasteiger partial charge in [-0.2, -0.15) is 0 Å². The minimum Gasteiger partial charge on any atom is -0.445 e. The minimum absolute atomic E-state index is 0.0130. The van der Waals surface area contributed by atoms with Crippen molar-refractivity contribution >= 4 is 20.5 Å². The van der Waals surface area contributed by atoms with E-state index >= 15 is 0 Å². The largest absolute Gasteiger partial charge is 0.445 e. The summed E-state index contributed by atoms with van der Waals surface area (Å²) in [5, 5.41) is 0.0130. The number of hydrogen-bond donors (Lipinski definition) is 0. The predicted molar refractivity (Wildman–Crippen MR) is 131 cm³/mol. The summed E-state index contributed by atoms with van der Waals surface area (Å²) in [5.41, 5.74) is 0.357. The first kappa shape index (κ1) is 25.6. The molecule has 2 saturated heterocycles. The highest BCUT2D eigenvalue weighted by Crippen LogP contribution is 2.42. The topological polar surface area (TPSA) is 68.3 Å². The van der Waals surface area contributed by atoms with Crippen LogP contribution in [0.4, 0.5) is 9.59 Å². The van der Waals surface area contributed by atoms with Crippen LogP contribution in [0.1, 0.15) is 53.5 Å². The van der Waals surface area contributed by atoms with Gasteiger partial charge >= 0.3 is 12.2 Å². The van der Waals surface area contributed by atoms with Gasteiger partial charge in [0, 0.05) is 6.54 Å². The molecule has 184 valence electrons. The first-order valence-electron chi connectivity index (χ1n) is 11.8. The van der Waals surface area contributed by atoms with E-state index in [1.54, 1.807) is 9.80 Å². The molecule has 2 aliphatic rings. The Morgan fingerprint density at radius 2 is 1.64 bits per heavy atom. The average molecular weight is 477 g/mol. The molecule has 0 bridgehead atoms. The summed E-state index contributed by atoms with van der Waals surface area (Å²) in [7, 11) is -2.13.